The molecule has 78 valence electrons. The molecule has 1 saturated carbocycles. The summed E-state index contributed by atoms with van der Waals surface area (Å²) in [6.45, 7) is 8.22. The number of hydrogen-bond acceptors (Lipinski definition) is 2. The fraction of sp³-hybridized carbons (Fsp3) is 0.909. The summed E-state index contributed by atoms with van der Waals surface area (Å²) in [6.07, 6.45) is 7.85. The Bertz CT molecular complexity index is 195. The van der Waals surface area contributed by atoms with Gasteiger partial charge in [-0.2, -0.15) is 0 Å². The van der Waals surface area contributed by atoms with Crippen LogP contribution in [-0.4, -0.2) is 43.6 Å². The molecule has 0 aromatic heterocycles. The Morgan fingerprint density at radius 2 is 2.29 bits per heavy atom. The molecule has 1 N–H and O–H groups in total. The Hall–Kier alpha value is -0.305. The van der Waals surface area contributed by atoms with Gasteiger partial charge in [0.25, 0.3) is 0 Å². The SMILES string of the molecule is CCN(/C=B\C1CCCNC1)C1CC1. The van der Waals surface area contributed by atoms with Crippen LogP contribution in [0.15, 0.2) is 0 Å². The number of nitrogens with one attached hydrogen (secondary N) is 1. The molecule has 1 atom stereocenters. The maximum absolute atomic E-state index is 3.45. The third kappa shape index (κ3) is 2.84. The molecular formula is C11H21BN2. The van der Waals surface area contributed by atoms with Crippen LogP contribution in [0.25, 0.3) is 0 Å². The first-order chi connectivity index (χ1) is 6.90. The number of hydrogen-bond donors (Lipinski definition) is 1. The van der Waals surface area contributed by atoms with Crippen LogP contribution in [-0.2, 0) is 0 Å². The number of piperidine rings is 1. The molecule has 1 saturated heterocycles. The van der Waals surface area contributed by atoms with E-state index >= 15 is 0 Å². The van der Waals surface area contributed by atoms with Gasteiger partial charge in [0.15, 0.2) is 0 Å². The van der Waals surface area contributed by atoms with Gasteiger partial charge >= 0.3 is 87.3 Å². The summed E-state index contributed by atoms with van der Waals surface area (Å²) in [5.74, 6) is 0.775. The van der Waals surface area contributed by atoms with Gasteiger partial charge in [-0.3, -0.25) is 0 Å². The molecule has 1 unspecified atom stereocenters. The van der Waals surface area contributed by atoms with Crippen molar-refractivity contribution in [1.82, 2.24) is 10.2 Å². The van der Waals surface area contributed by atoms with E-state index < -0.39 is 0 Å². The Morgan fingerprint density at radius 3 is 2.86 bits per heavy atom. The van der Waals surface area contributed by atoms with Crippen LogP contribution in [0.5, 0.6) is 0 Å². The minimum atomic E-state index is 0.775. The first kappa shape index (κ1) is 10.2. The molecule has 1 heterocycles. The first-order valence-corrected chi connectivity index (χ1v) is 6.05. The average Bonchev–Trinajstić information content (AvgIpc) is 3.05. The van der Waals surface area contributed by atoms with E-state index in [2.05, 4.69) is 30.2 Å². The standard InChI is InChI=1S/C11H21BN2/c1-2-14(11-5-6-11)9-12-10-4-3-7-13-8-10/h9-11,13H,2-8H2,1H3. The summed E-state index contributed by atoms with van der Waals surface area (Å²) in [4.78, 5) is 2.49. The number of nitrogens with zero attached hydrogens (tertiary/aromatic N) is 1. The monoisotopic (exact) mass is 192 g/mol. The predicted molar refractivity (Wildman–Crippen MR) is 63.1 cm³/mol. The van der Waals surface area contributed by atoms with Crippen molar-refractivity contribution in [1.29, 1.82) is 0 Å². The zero-order chi connectivity index (χ0) is 9.80. The van der Waals surface area contributed by atoms with Gasteiger partial charge in [0.2, 0.25) is 0 Å². The zero-order valence-corrected chi connectivity index (χ0v) is 9.21. The van der Waals surface area contributed by atoms with Crippen molar-refractivity contribution in [2.24, 2.45) is 0 Å². The van der Waals surface area contributed by atoms with E-state index in [0.29, 0.717) is 0 Å². The van der Waals surface area contributed by atoms with Crippen LogP contribution in [0.4, 0.5) is 0 Å². The van der Waals surface area contributed by atoms with Crippen LogP contribution in [0, 0.1) is 0 Å². The van der Waals surface area contributed by atoms with Gasteiger partial charge in [0.05, 0.1) is 0 Å². The summed E-state index contributed by atoms with van der Waals surface area (Å²) >= 11 is 0. The van der Waals surface area contributed by atoms with E-state index in [4.69, 9.17) is 0 Å². The van der Waals surface area contributed by atoms with Crippen LogP contribution < -0.4 is 5.32 Å². The van der Waals surface area contributed by atoms with E-state index in [9.17, 15) is 0 Å². The molecule has 0 aromatic carbocycles. The van der Waals surface area contributed by atoms with Crippen LogP contribution in [0.3, 0.4) is 0 Å². The fourth-order valence-electron chi connectivity index (χ4n) is 2.17. The second-order valence-corrected chi connectivity index (χ2v) is 4.51. The van der Waals surface area contributed by atoms with E-state index in [1.54, 1.807) is 0 Å². The van der Waals surface area contributed by atoms with Crippen LogP contribution in [0.1, 0.15) is 32.6 Å². The zero-order valence-electron chi connectivity index (χ0n) is 9.21. The van der Waals surface area contributed by atoms with Crippen molar-refractivity contribution in [3.05, 3.63) is 0 Å². The van der Waals surface area contributed by atoms with E-state index in [1.165, 1.54) is 45.3 Å². The van der Waals surface area contributed by atoms with E-state index in [0.717, 1.165) is 11.9 Å². The van der Waals surface area contributed by atoms with Gasteiger partial charge in [-0.15, -0.1) is 0 Å². The summed E-state index contributed by atoms with van der Waals surface area (Å²) in [5, 5.41) is 3.45. The second kappa shape index (κ2) is 4.97. The molecule has 14 heavy (non-hydrogen) atoms. The quantitative estimate of drug-likeness (QED) is 0.671. The van der Waals surface area contributed by atoms with Crippen LogP contribution in [0.2, 0.25) is 5.82 Å². The van der Waals surface area contributed by atoms with Gasteiger partial charge in [0, 0.05) is 0 Å². The van der Waals surface area contributed by atoms with Crippen molar-refractivity contribution in [2.45, 2.75) is 44.5 Å². The first-order valence-electron chi connectivity index (χ1n) is 6.05. The van der Waals surface area contributed by atoms with Crippen LogP contribution >= 0.6 is 0 Å². The third-order valence-corrected chi connectivity index (χ3v) is 3.27. The molecule has 2 rings (SSSR count). The predicted octanol–water partition coefficient (Wildman–Crippen LogP) is 1.11. The summed E-state index contributed by atoms with van der Waals surface area (Å²) in [7, 11) is 0. The van der Waals surface area contributed by atoms with Crippen molar-refractivity contribution < 1.29 is 0 Å². The third-order valence-electron chi connectivity index (χ3n) is 3.27. The molecule has 2 aliphatic rings. The van der Waals surface area contributed by atoms with Gasteiger partial charge in [-0.05, 0) is 0 Å². The Morgan fingerprint density at radius 1 is 1.43 bits per heavy atom. The van der Waals surface area contributed by atoms with Gasteiger partial charge in [0.1, 0.15) is 0 Å². The molecule has 1 aliphatic heterocycles. The molecule has 2 nitrogen and oxygen atoms in total. The van der Waals surface area contributed by atoms with Crippen molar-refractivity contribution in [2.75, 3.05) is 19.6 Å². The minimum absolute atomic E-state index is 0.775. The van der Waals surface area contributed by atoms with E-state index in [-0.39, 0.29) is 0 Å². The van der Waals surface area contributed by atoms with E-state index in [1.807, 2.05) is 0 Å². The molecule has 0 aromatic rings. The molecule has 2 fully saturated rings. The molecule has 0 amide bonds. The fourth-order valence-corrected chi connectivity index (χ4v) is 2.17. The normalized spacial score (nSPS) is 27.6. The summed E-state index contributed by atoms with van der Waals surface area (Å²) in [6, 6.07) is 0.868. The Kier molecular flexibility index (Phi) is 3.63. The maximum atomic E-state index is 3.45. The molecule has 0 spiro atoms. The van der Waals surface area contributed by atoms with Crippen molar-refractivity contribution in [3.8, 4) is 0 Å². The summed E-state index contributed by atoms with van der Waals surface area (Å²) in [5.41, 5.74) is 0. The topological polar surface area (TPSA) is 15.3 Å². The average molecular weight is 192 g/mol. The molecule has 0 radical (unpaired) electrons. The second-order valence-electron chi connectivity index (χ2n) is 4.51. The van der Waals surface area contributed by atoms with Gasteiger partial charge in [-0.1, -0.05) is 0 Å². The number of rotatable bonds is 4. The molecule has 0 bridgehead atoms. The molecule has 1 aliphatic carbocycles. The van der Waals surface area contributed by atoms with Gasteiger partial charge in [-0.25, -0.2) is 0 Å². The summed E-state index contributed by atoms with van der Waals surface area (Å²) < 4.78 is 0. The molecular weight excluding hydrogens is 171 g/mol. The Balaban J connectivity index is 1.77. The Labute approximate surface area is 88.0 Å². The van der Waals surface area contributed by atoms with Crippen molar-refractivity contribution in [3.63, 3.8) is 0 Å². The van der Waals surface area contributed by atoms with Gasteiger partial charge < -0.3 is 0 Å². The molecule has 3 heteroatoms. The van der Waals surface area contributed by atoms with Crippen molar-refractivity contribution >= 4 is 13.0 Å².